The minimum Gasteiger partial charge on any atom is -0.493 e. The van der Waals surface area contributed by atoms with Crippen molar-refractivity contribution in [1.82, 2.24) is 15.5 Å². The first-order chi connectivity index (χ1) is 15.4. The van der Waals surface area contributed by atoms with Gasteiger partial charge in [-0.1, -0.05) is 30.3 Å². The average Bonchev–Trinajstić information content (AvgIpc) is 3.35. The number of amides is 4. The van der Waals surface area contributed by atoms with E-state index in [1.807, 2.05) is 30.3 Å². The van der Waals surface area contributed by atoms with Gasteiger partial charge in [-0.15, -0.1) is 0 Å². The summed E-state index contributed by atoms with van der Waals surface area (Å²) in [7, 11) is 1.55. The fourth-order valence-corrected chi connectivity index (χ4v) is 4.21. The number of carbonyl (C=O) groups excluding carboxylic acids is 3. The van der Waals surface area contributed by atoms with Crippen molar-refractivity contribution in [3.63, 3.8) is 0 Å². The Bertz CT molecular complexity index is 1050. The molecule has 0 aromatic heterocycles. The van der Waals surface area contributed by atoms with Gasteiger partial charge in [-0.3, -0.25) is 14.5 Å². The molecular formula is C24H27N3O5. The quantitative estimate of drug-likeness (QED) is 0.487. The first kappa shape index (κ1) is 21.7. The zero-order valence-electron chi connectivity index (χ0n) is 18.3. The molecule has 0 radical (unpaired) electrons. The van der Waals surface area contributed by atoms with E-state index in [0.29, 0.717) is 11.5 Å². The van der Waals surface area contributed by atoms with Gasteiger partial charge in [0.15, 0.2) is 11.5 Å². The van der Waals surface area contributed by atoms with Crippen molar-refractivity contribution in [2.24, 2.45) is 0 Å². The standard InChI is InChI=1S/C24H27N3O5/c1-24(18-11-10-16-6-5-7-17(16)14-18)22(29)27(23(30)26-24)15-21(28)25-12-13-32-20-9-4-3-8-19(20)31-2/h3-4,8-11,14H,5-7,12-13,15H2,1-2H3,(H,25,28)(H,26,30). The summed E-state index contributed by atoms with van der Waals surface area (Å²) >= 11 is 0. The number of benzene rings is 2. The molecule has 2 aromatic carbocycles. The molecule has 1 aliphatic carbocycles. The maximum absolute atomic E-state index is 13.1. The van der Waals surface area contributed by atoms with Crippen LogP contribution < -0.4 is 20.1 Å². The van der Waals surface area contributed by atoms with Gasteiger partial charge in [-0.2, -0.15) is 0 Å². The third-order valence-electron chi connectivity index (χ3n) is 6.00. The van der Waals surface area contributed by atoms with E-state index in [9.17, 15) is 14.4 Å². The largest absolute Gasteiger partial charge is 0.493 e. The van der Waals surface area contributed by atoms with Crippen LogP contribution in [0.4, 0.5) is 4.79 Å². The molecule has 0 spiro atoms. The Kier molecular flexibility index (Phi) is 6.03. The van der Waals surface area contributed by atoms with E-state index in [1.54, 1.807) is 26.2 Å². The van der Waals surface area contributed by atoms with Crippen molar-refractivity contribution in [3.8, 4) is 11.5 Å². The molecule has 1 aliphatic heterocycles. The molecular weight excluding hydrogens is 410 g/mol. The molecule has 1 unspecified atom stereocenters. The lowest BCUT2D eigenvalue weighted by Gasteiger charge is -2.23. The number of para-hydroxylation sites is 2. The number of hydrogen-bond acceptors (Lipinski definition) is 5. The second-order valence-corrected chi connectivity index (χ2v) is 8.13. The van der Waals surface area contributed by atoms with Crippen LogP contribution in [-0.4, -0.2) is 49.6 Å². The van der Waals surface area contributed by atoms with Crippen LogP contribution in [0.15, 0.2) is 42.5 Å². The predicted molar refractivity (Wildman–Crippen MR) is 118 cm³/mol. The van der Waals surface area contributed by atoms with Gasteiger partial charge in [-0.25, -0.2) is 4.79 Å². The lowest BCUT2D eigenvalue weighted by molar-refractivity contribution is -0.134. The van der Waals surface area contributed by atoms with E-state index in [-0.39, 0.29) is 19.7 Å². The summed E-state index contributed by atoms with van der Waals surface area (Å²) in [6.07, 6.45) is 3.12. The van der Waals surface area contributed by atoms with Crippen molar-refractivity contribution >= 4 is 17.8 Å². The van der Waals surface area contributed by atoms with E-state index < -0.39 is 23.4 Å². The SMILES string of the molecule is COc1ccccc1OCCNC(=O)CN1C(=O)NC(C)(c2ccc3c(c2)CCC3)C1=O. The molecule has 8 heteroatoms. The summed E-state index contributed by atoms with van der Waals surface area (Å²) in [5, 5.41) is 5.44. The number of urea groups is 1. The van der Waals surface area contributed by atoms with Crippen LogP contribution in [0.2, 0.25) is 0 Å². The lowest BCUT2D eigenvalue weighted by Crippen LogP contribution is -2.43. The van der Waals surface area contributed by atoms with Crippen LogP contribution >= 0.6 is 0 Å². The van der Waals surface area contributed by atoms with Crippen molar-refractivity contribution < 1.29 is 23.9 Å². The van der Waals surface area contributed by atoms with E-state index in [4.69, 9.17) is 9.47 Å². The number of methoxy groups -OCH3 is 1. The second-order valence-electron chi connectivity index (χ2n) is 8.13. The molecule has 8 nitrogen and oxygen atoms in total. The number of ether oxygens (including phenoxy) is 2. The number of imide groups is 1. The first-order valence-electron chi connectivity index (χ1n) is 10.7. The zero-order valence-corrected chi connectivity index (χ0v) is 18.3. The van der Waals surface area contributed by atoms with Crippen molar-refractivity contribution in [2.45, 2.75) is 31.7 Å². The van der Waals surface area contributed by atoms with E-state index >= 15 is 0 Å². The molecule has 2 aromatic rings. The van der Waals surface area contributed by atoms with Gasteiger partial charge in [0.05, 0.1) is 13.7 Å². The molecule has 2 aliphatic rings. The highest BCUT2D eigenvalue weighted by atomic mass is 16.5. The summed E-state index contributed by atoms with van der Waals surface area (Å²) in [5.41, 5.74) is 2.07. The fraction of sp³-hybridized carbons (Fsp3) is 0.375. The molecule has 4 amide bonds. The maximum Gasteiger partial charge on any atom is 0.325 e. The minimum atomic E-state index is -1.18. The Morgan fingerprint density at radius 3 is 2.66 bits per heavy atom. The number of rotatable bonds is 8. The Balaban J connectivity index is 1.32. The Morgan fingerprint density at radius 1 is 1.12 bits per heavy atom. The third-order valence-corrected chi connectivity index (χ3v) is 6.00. The average molecular weight is 437 g/mol. The van der Waals surface area contributed by atoms with Gasteiger partial charge < -0.3 is 20.1 Å². The maximum atomic E-state index is 13.1. The number of nitrogens with zero attached hydrogens (tertiary/aromatic N) is 1. The highest BCUT2D eigenvalue weighted by Gasteiger charge is 2.49. The summed E-state index contributed by atoms with van der Waals surface area (Å²) in [6, 6.07) is 12.6. The van der Waals surface area contributed by atoms with Gasteiger partial charge in [0.2, 0.25) is 5.91 Å². The molecule has 0 bridgehead atoms. The molecule has 0 saturated carbocycles. The topological polar surface area (TPSA) is 97.0 Å². The number of hydrogen-bond donors (Lipinski definition) is 2. The smallest absolute Gasteiger partial charge is 0.325 e. The summed E-state index contributed by atoms with van der Waals surface area (Å²) in [5.74, 6) is 0.309. The Labute approximate surface area is 186 Å². The van der Waals surface area contributed by atoms with Crippen molar-refractivity contribution in [2.75, 3.05) is 26.8 Å². The third kappa shape index (κ3) is 4.12. The molecule has 1 atom stereocenters. The monoisotopic (exact) mass is 437 g/mol. The number of aryl methyl sites for hydroxylation is 2. The van der Waals surface area contributed by atoms with Crippen LogP contribution in [0.3, 0.4) is 0 Å². The highest BCUT2D eigenvalue weighted by molar-refractivity contribution is 6.09. The summed E-state index contributed by atoms with van der Waals surface area (Å²) in [6.45, 7) is 1.78. The van der Waals surface area contributed by atoms with Crippen LogP contribution in [0.5, 0.6) is 11.5 Å². The van der Waals surface area contributed by atoms with Crippen LogP contribution in [-0.2, 0) is 28.0 Å². The van der Waals surface area contributed by atoms with E-state index in [0.717, 1.165) is 29.7 Å². The zero-order chi connectivity index (χ0) is 22.7. The molecule has 4 rings (SSSR count). The Morgan fingerprint density at radius 2 is 1.88 bits per heavy atom. The fourth-order valence-electron chi connectivity index (χ4n) is 4.21. The summed E-state index contributed by atoms with van der Waals surface area (Å²) in [4.78, 5) is 38.9. The number of carbonyl (C=O) groups is 3. The van der Waals surface area contributed by atoms with Crippen LogP contribution in [0.1, 0.15) is 30.0 Å². The highest BCUT2D eigenvalue weighted by Crippen LogP contribution is 2.32. The second kappa shape index (κ2) is 8.90. The first-order valence-corrected chi connectivity index (χ1v) is 10.7. The predicted octanol–water partition coefficient (Wildman–Crippen LogP) is 2.15. The molecule has 32 heavy (non-hydrogen) atoms. The van der Waals surface area contributed by atoms with E-state index in [1.165, 1.54) is 11.1 Å². The van der Waals surface area contributed by atoms with Gasteiger partial charge in [0, 0.05) is 0 Å². The minimum absolute atomic E-state index is 0.221. The number of fused-ring (bicyclic) bond motifs is 1. The molecule has 168 valence electrons. The van der Waals surface area contributed by atoms with Gasteiger partial charge in [0.1, 0.15) is 18.7 Å². The normalized spacial score (nSPS) is 19.5. The van der Waals surface area contributed by atoms with Crippen molar-refractivity contribution in [1.29, 1.82) is 0 Å². The molecule has 1 fully saturated rings. The van der Waals surface area contributed by atoms with Gasteiger partial charge in [0.25, 0.3) is 5.91 Å². The summed E-state index contributed by atoms with van der Waals surface area (Å²) < 4.78 is 10.8. The lowest BCUT2D eigenvalue weighted by atomic mass is 9.89. The Hall–Kier alpha value is -3.55. The van der Waals surface area contributed by atoms with Gasteiger partial charge >= 0.3 is 6.03 Å². The molecule has 1 heterocycles. The van der Waals surface area contributed by atoms with Crippen molar-refractivity contribution in [3.05, 3.63) is 59.2 Å². The molecule has 2 N–H and O–H groups in total. The molecule has 1 saturated heterocycles. The van der Waals surface area contributed by atoms with Crippen LogP contribution in [0, 0.1) is 0 Å². The number of nitrogens with one attached hydrogen (secondary N) is 2. The van der Waals surface area contributed by atoms with E-state index in [2.05, 4.69) is 10.6 Å². The van der Waals surface area contributed by atoms with Crippen LogP contribution in [0.25, 0.3) is 0 Å². The van der Waals surface area contributed by atoms with Gasteiger partial charge in [-0.05, 0) is 55.0 Å².